The molecule has 5 nitrogen and oxygen atoms in total. The SMILES string of the molecule is COC(=O)[C@@H](NC(=O)c1ccc(-c2ccc(N)cc2)cc1C)C(C)C. The molecule has 0 aliphatic carbocycles. The van der Waals surface area contributed by atoms with Gasteiger partial charge in [0.25, 0.3) is 5.91 Å². The van der Waals surface area contributed by atoms with Gasteiger partial charge in [-0.05, 0) is 47.7 Å². The van der Waals surface area contributed by atoms with Crippen molar-refractivity contribution in [1.82, 2.24) is 5.32 Å². The lowest BCUT2D eigenvalue weighted by Gasteiger charge is -2.20. The molecule has 1 amide bonds. The van der Waals surface area contributed by atoms with Crippen LogP contribution >= 0.6 is 0 Å². The van der Waals surface area contributed by atoms with Crippen LogP contribution in [0.3, 0.4) is 0 Å². The monoisotopic (exact) mass is 340 g/mol. The molecule has 25 heavy (non-hydrogen) atoms. The predicted octanol–water partition coefficient (Wildman–Crippen LogP) is 3.17. The third-order valence-corrected chi connectivity index (χ3v) is 4.12. The zero-order valence-electron chi connectivity index (χ0n) is 15.0. The van der Waals surface area contributed by atoms with Crippen molar-refractivity contribution in [2.24, 2.45) is 5.92 Å². The Bertz CT molecular complexity index is 767. The number of methoxy groups -OCH3 is 1. The Labute approximate surface area is 148 Å². The van der Waals surface area contributed by atoms with Crippen molar-refractivity contribution in [1.29, 1.82) is 0 Å². The number of benzene rings is 2. The minimum atomic E-state index is -0.673. The van der Waals surface area contributed by atoms with Crippen LogP contribution in [-0.4, -0.2) is 25.0 Å². The van der Waals surface area contributed by atoms with Crippen LogP contribution in [0.4, 0.5) is 5.69 Å². The van der Waals surface area contributed by atoms with Gasteiger partial charge in [-0.2, -0.15) is 0 Å². The van der Waals surface area contributed by atoms with Gasteiger partial charge in [0.1, 0.15) is 6.04 Å². The third kappa shape index (κ3) is 4.38. The van der Waals surface area contributed by atoms with Gasteiger partial charge in [-0.3, -0.25) is 4.79 Å². The number of carbonyl (C=O) groups excluding carboxylic acids is 2. The van der Waals surface area contributed by atoms with Crippen molar-refractivity contribution in [2.45, 2.75) is 26.8 Å². The molecule has 132 valence electrons. The number of aryl methyl sites for hydroxylation is 1. The highest BCUT2D eigenvalue weighted by molar-refractivity contribution is 5.98. The number of carbonyl (C=O) groups is 2. The van der Waals surface area contributed by atoms with E-state index in [1.54, 1.807) is 6.07 Å². The van der Waals surface area contributed by atoms with Gasteiger partial charge in [0.2, 0.25) is 0 Å². The number of nitrogens with one attached hydrogen (secondary N) is 1. The fourth-order valence-electron chi connectivity index (χ4n) is 2.62. The highest BCUT2D eigenvalue weighted by Crippen LogP contribution is 2.23. The maximum atomic E-state index is 12.6. The molecule has 0 aliphatic heterocycles. The molecule has 0 bridgehead atoms. The third-order valence-electron chi connectivity index (χ3n) is 4.12. The predicted molar refractivity (Wildman–Crippen MR) is 99.1 cm³/mol. The maximum absolute atomic E-state index is 12.6. The number of anilines is 1. The van der Waals surface area contributed by atoms with Crippen LogP contribution in [0, 0.1) is 12.8 Å². The highest BCUT2D eigenvalue weighted by Gasteiger charge is 2.25. The van der Waals surface area contributed by atoms with Crippen molar-refractivity contribution in [3.63, 3.8) is 0 Å². The molecule has 2 rings (SSSR count). The van der Waals surface area contributed by atoms with Gasteiger partial charge < -0.3 is 15.8 Å². The van der Waals surface area contributed by atoms with Gasteiger partial charge in [0.05, 0.1) is 7.11 Å². The molecule has 2 aromatic carbocycles. The topological polar surface area (TPSA) is 81.4 Å². The molecule has 3 N–H and O–H groups in total. The molecule has 2 aromatic rings. The average molecular weight is 340 g/mol. The van der Waals surface area contributed by atoms with Crippen molar-refractivity contribution in [3.05, 3.63) is 53.6 Å². The molecule has 0 radical (unpaired) electrons. The number of hydrogen-bond acceptors (Lipinski definition) is 4. The molecule has 0 spiro atoms. The van der Waals surface area contributed by atoms with Crippen LogP contribution in [0.25, 0.3) is 11.1 Å². The van der Waals surface area contributed by atoms with Crippen molar-refractivity contribution < 1.29 is 14.3 Å². The minimum Gasteiger partial charge on any atom is -0.467 e. The van der Waals surface area contributed by atoms with E-state index in [-0.39, 0.29) is 11.8 Å². The summed E-state index contributed by atoms with van der Waals surface area (Å²) in [7, 11) is 1.32. The largest absolute Gasteiger partial charge is 0.467 e. The van der Waals surface area contributed by atoms with E-state index in [0.29, 0.717) is 11.3 Å². The van der Waals surface area contributed by atoms with E-state index in [9.17, 15) is 9.59 Å². The normalized spacial score (nSPS) is 11.9. The fourth-order valence-corrected chi connectivity index (χ4v) is 2.62. The molecule has 0 heterocycles. The highest BCUT2D eigenvalue weighted by atomic mass is 16.5. The summed E-state index contributed by atoms with van der Waals surface area (Å²) < 4.78 is 4.76. The zero-order chi connectivity index (χ0) is 18.6. The minimum absolute atomic E-state index is 0.0641. The first-order valence-corrected chi connectivity index (χ1v) is 8.18. The molecule has 1 atom stereocenters. The Kier molecular flexibility index (Phi) is 5.80. The number of esters is 1. The first-order valence-electron chi connectivity index (χ1n) is 8.18. The van der Waals surface area contributed by atoms with Crippen LogP contribution < -0.4 is 11.1 Å². The lowest BCUT2D eigenvalue weighted by atomic mass is 9.98. The second kappa shape index (κ2) is 7.83. The van der Waals surface area contributed by atoms with Gasteiger partial charge in [0.15, 0.2) is 0 Å². The average Bonchev–Trinajstić information content (AvgIpc) is 2.59. The van der Waals surface area contributed by atoms with E-state index < -0.39 is 12.0 Å². The first-order chi connectivity index (χ1) is 11.8. The summed E-state index contributed by atoms with van der Waals surface area (Å²) in [5.41, 5.74) is 9.82. The van der Waals surface area contributed by atoms with E-state index in [0.717, 1.165) is 16.7 Å². The summed E-state index contributed by atoms with van der Waals surface area (Å²) in [6, 6.07) is 12.5. The van der Waals surface area contributed by atoms with E-state index >= 15 is 0 Å². The summed E-state index contributed by atoms with van der Waals surface area (Å²) in [6.07, 6.45) is 0. The molecule has 0 aromatic heterocycles. The number of nitrogen functional groups attached to an aromatic ring is 1. The first kappa shape index (κ1) is 18.5. The maximum Gasteiger partial charge on any atom is 0.328 e. The zero-order valence-corrected chi connectivity index (χ0v) is 15.0. The van der Waals surface area contributed by atoms with Crippen LogP contribution in [0.5, 0.6) is 0 Å². The van der Waals surface area contributed by atoms with E-state index in [4.69, 9.17) is 10.5 Å². The molecule has 0 saturated carbocycles. The Morgan fingerprint density at radius 1 is 1.04 bits per heavy atom. The Morgan fingerprint density at radius 3 is 2.16 bits per heavy atom. The second-order valence-electron chi connectivity index (χ2n) is 6.37. The molecule has 0 saturated heterocycles. The lowest BCUT2D eigenvalue weighted by molar-refractivity contribution is -0.144. The van der Waals surface area contributed by atoms with Crippen LogP contribution in [0.1, 0.15) is 29.8 Å². The summed E-state index contributed by atoms with van der Waals surface area (Å²) in [4.78, 5) is 24.4. The van der Waals surface area contributed by atoms with Crippen molar-refractivity contribution >= 4 is 17.6 Å². The second-order valence-corrected chi connectivity index (χ2v) is 6.37. The van der Waals surface area contributed by atoms with Crippen molar-refractivity contribution in [2.75, 3.05) is 12.8 Å². The Balaban J connectivity index is 2.23. The van der Waals surface area contributed by atoms with Gasteiger partial charge >= 0.3 is 5.97 Å². The quantitative estimate of drug-likeness (QED) is 0.647. The van der Waals surface area contributed by atoms with Gasteiger partial charge in [-0.25, -0.2) is 4.79 Å². The van der Waals surface area contributed by atoms with Gasteiger partial charge in [-0.15, -0.1) is 0 Å². The molecule has 0 unspecified atom stereocenters. The van der Waals surface area contributed by atoms with E-state index in [1.807, 2.05) is 57.2 Å². The lowest BCUT2D eigenvalue weighted by Crippen LogP contribution is -2.45. The van der Waals surface area contributed by atoms with E-state index in [1.165, 1.54) is 7.11 Å². The molecule has 0 fully saturated rings. The Hall–Kier alpha value is -2.82. The van der Waals surface area contributed by atoms with Gasteiger partial charge in [-0.1, -0.05) is 38.1 Å². The molecular weight excluding hydrogens is 316 g/mol. The molecule has 0 aliphatic rings. The summed E-state index contributed by atoms with van der Waals surface area (Å²) >= 11 is 0. The Morgan fingerprint density at radius 2 is 1.64 bits per heavy atom. The number of rotatable bonds is 5. The number of amides is 1. The smallest absolute Gasteiger partial charge is 0.328 e. The summed E-state index contributed by atoms with van der Waals surface area (Å²) in [5, 5.41) is 2.76. The fraction of sp³-hybridized carbons (Fsp3) is 0.300. The summed E-state index contributed by atoms with van der Waals surface area (Å²) in [6.45, 7) is 5.59. The number of ether oxygens (including phenoxy) is 1. The van der Waals surface area contributed by atoms with Crippen molar-refractivity contribution in [3.8, 4) is 11.1 Å². The number of nitrogens with two attached hydrogens (primary N) is 1. The summed E-state index contributed by atoms with van der Waals surface area (Å²) in [5.74, 6) is -0.796. The standard InChI is InChI=1S/C20H24N2O3/c1-12(2)18(20(24)25-4)22-19(23)17-10-7-15(11-13(17)3)14-5-8-16(21)9-6-14/h5-12,18H,21H2,1-4H3,(H,22,23)/t18-/m0/s1. The van der Waals surface area contributed by atoms with Gasteiger partial charge in [0, 0.05) is 11.3 Å². The van der Waals surface area contributed by atoms with Crippen LogP contribution in [0.2, 0.25) is 0 Å². The van der Waals surface area contributed by atoms with E-state index in [2.05, 4.69) is 5.32 Å². The molecular formula is C20H24N2O3. The molecule has 5 heteroatoms. The van der Waals surface area contributed by atoms with Crippen LogP contribution in [-0.2, 0) is 9.53 Å². The number of hydrogen-bond donors (Lipinski definition) is 2. The van der Waals surface area contributed by atoms with Crippen LogP contribution in [0.15, 0.2) is 42.5 Å².